The van der Waals surface area contributed by atoms with Crippen LogP contribution in [0.15, 0.2) is 24.5 Å². The maximum Gasteiger partial charge on any atom is 0.0379 e. The molecule has 0 bridgehead atoms. The first-order valence-electron chi connectivity index (χ1n) is 5.09. The molecule has 14 heavy (non-hydrogen) atoms. The summed E-state index contributed by atoms with van der Waals surface area (Å²) in [5.74, 6) is 0.755. The first-order valence-corrected chi connectivity index (χ1v) is 5.62. The van der Waals surface area contributed by atoms with Crippen molar-refractivity contribution in [1.82, 2.24) is 9.88 Å². The minimum absolute atomic E-state index is 0.574. The molecule has 0 radical (unpaired) electrons. The zero-order valence-electron chi connectivity index (χ0n) is 8.19. The summed E-state index contributed by atoms with van der Waals surface area (Å²) in [4.78, 5) is 6.48. The van der Waals surface area contributed by atoms with Gasteiger partial charge in [-0.2, -0.15) is 0 Å². The Hall–Kier alpha value is -0.600. The molecule has 0 aromatic carbocycles. The van der Waals surface area contributed by atoms with Gasteiger partial charge in [0.05, 0.1) is 0 Å². The van der Waals surface area contributed by atoms with Gasteiger partial charge in [0.1, 0.15) is 0 Å². The Labute approximate surface area is 89.9 Å². The van der Waals surface area contributed by atoms with E-state index in [0.717, 1.165) is 12.4 Å². The number of hydrogen-bond donors (Lipinski definition) is 0. The van der Waals surface area contributed by atoms with Gasteiger partial charge < -0.3 is 0 Å². The van der Waals surface area contributed by atoms with Gasteiger partial charge in [-0.1, -0.05) is 0 Å². The van der Waals surface area contributed by atoms with Crippen molar-refractivity contribution in [2.45, 2.75) is 25.4 Å². The fourth-order valence-corrected chi connectivity index (χ4v) is 2.35. The monoisotopic (exact) mass is 210 g/mol. The molecule has 0 amide bonds. The number of nitrogens with zero attached hydrogens (tertiary/aromatic N) is 2. The molecule has 1 atom stereocenters. The third kappa shape index (κ3) is 2.25. The topological polar surface area (TPSA) is 16.1 Å². The highest BCUT2D eigenvalue weighted by Crippen LogP contribution is 2.20. The molecule has 0 saturated carbocycles. The smallest absolute Gasteiger partial charge is 0.0379 e. The maximum absolute atomic E-state index is 5.91. The highest BCUT2D eigenvalue weighted by molar-refractivity contribution is 6.18. The average molecular weight is 211 g/mol. The van der Waals surface area contributed by atoms with E-state index in [1.165, 1.54) is 24.9 Å². The van der Waals surface area contributed by atoms with E-state index in [4.69, 9.17) is 11.6 Å². The number of aromatic nitrogens is 1. The lowest BCUT2D eigenvalue weighted by atomic mass is 10.2. The Morgan fingerprint density at radius 1 is 1.43 bits per heavy atom. The van der Waals surface area contributed by atoms with Crippen LogP contribution < -0.4 is 0 Å². The van der Waals surface area contributed by atoms with E-state index in [1.807, 2.05) is 12.4 Å². The largest absolute Gasteiger partial charge is 0.295 e. The van der Waals surface area contributed by atoms with Crippen molar-refractivity contribution in [2.24, 2.45) is 0 Å². The zero-order valence-corrected chi connectivity index (χ0v) is 8.95. The van der Waals surface area contributed by atoms with Gasteiger partial charge in [0.25, 0.3) is 0 Å². The van der Waals surface area contributed by atoms with Crippen LogP contribution >= 0.6 is 11.6 Å². The fraction of sp³-hybridized carbons (Fsp3) is 0.545. The molecule has 0 aliphatic carbocycles. The number of pyridine rings is 1. The van der Waals surface area contributed by atoms with Gasteiger partial charge >= 0.3 is 0 Å². The maximum atomic E-state index is 5.91. The van der Waals surface area contributed by atoms with E-state index in [1.54, 1.807) is 0 Å². The van der Waals surface area contributed by atoms with E-state index in [2.05, 4.69) is 22.0 Å². The summed E-state index contributed by atoms with van der Waals surface area (Å²) in [7, 11) is 0. The summed E-state index contributed by atoms with van der Waals surface area (Å²) in [6.45, 7) is 2.19. The van der Waals surface area contributed by atoms with E-state index < -0.39 is 0 Å². The second-order valence-corrected chi connectivity index (χ2v) is 4.08. The van der Waals surface area contributed by atoms with Gasteiger partial charge in [0.2, 0.25) is 0 Å². The van der Waals surface area contributed by atoms with E-state index in [9.17, 15) is 0 Å². The number of halogens is 1. The Bertz CT molecular complexity index is 276. The van der Waals surface area contributed by atoms with Crippen molar-refractivity contribution in [3.8, 4) is 0 Å². The standard InChI is InChI=1S/C11H15ClN2/c12-8-11-2-1-7-14(11)9-10-3-5-13-6-4-10/h3-6,11H,1-2,7-9H2. The summed E-state index contributed by atoms with van der Waals surface area (Å²) in [6, 6.07) is 4.72. The molecule has 2 nitrogen and oxygen atoms in total. The van der Waals surface area contributed by atoms with Gasteiger partial charge in [-0.25, -0.2) is 0 Å². The summed E-state index contributed by atoms with van der Waals surface area (Å²) < 4.78 is 0. The predicted octanol–water partition coefficient (Wildman–Crippen LogP) is 2.28. The van der Waals surface area contributed by atoms with Gasteiger partial charge in [-0.05, 0) is 37.1 Å². The van der Waals surface area contributed by atoms with Gasteiger partial charge in [0.15, 0.2) is 0 Å². The van der Waals surface area contributed by atoms with Crippen LogP contribution in [-0.4, -0.2) is 28.4 Å². The number of likely N-dealkylation sites (tertiary alicyclic amines) is 1. The first-order chi connectivity index (χ1) is 6.90. The molecular weight excluding hydrogens is 196 g/mol. The normalized spacial score (nSPS) is 22.8. The predicted molar refractivity (Wildman–Crippen MR) is 58.4 cm³/mol. The van der Waals surface area contributed by atoms with Crippen LogP contribution in [0.1, 0.15) is 18.4 Å². The van der Waals surface area contributed by atoms with Crippen molar-refractivity contribution in [1.29, 1.82) is 0 Å². The minimum Gasteiger partial charge on any atom is -0.295 e. The van der Waals surface area contributed by atoms with Crippen molar-refractivity contribution in [2.75, 3.05) is 12.4 Å². The van der Waals surface area contributed by atoms with E-state index >= 15 is 0 Å². The van der Waals surface area contributed by atoms with Crippen LogP contribution in [0, 0.1) is 0 Å². The van der Waals surface area contributed by atoms with Gasteiger partial charge in [0, 0.05) is 30.9 Å². The molecule has 0 N–H and O–H groups in total. The van der Waals surface area contributed by atoms with Gasteiger partial charge in [-0.3, -0.25) is 9.88 Å². The lowest BCUT2D eigenvalue weighted by Crippen LogP contribution is -2.30. The molecule has 2 rings (SSSR count). The Kier molecular flexibility index (Phi) is 3.38. The van der Waals surface area contributed by atoms with Gasteiger partial charge in [-0.15, -0.1) is 11.6 Å². The number of rotatable bonds is 3. The zero-order chi connectivity index (χ0) is 9.80. The van der Waals surface area contributed by atoms with Crippen LogP contribution in [0.5, 0.6) is 0 Å². The van der Waals surface area contributed by atoms with Crippen molar-refractivity contribution in [3.05, 3.63) is 30.1 Å². The molecule has 1 fully saturated rings. The summed E-state index contributed by atoms with van der Waals surface area (Å²) in [5, 5.41) is 0. The second kappa shape index (κ2) is 4.76. The molecule has 1 aromatic heterocycles. The van der Waals surface area contributed by atoms with Crippen molar-refractivity contribution < 1.29 is 0 Å². The Morgan fingerprint density at radius 3 is 2.93 bits per heavy atom. The van der Waals surface area contributed by atoms with E-state index in [0.29, 0.717) is 6.04 Å². The molecule has 1 aliphatic rings. The molecule has 0 spiro atoms. The molecule has 1 saturated heterocycles. The van der Waals surface area contributed by atoms with E-state index in [-0.39, 0.29) is 0 Å². The lowest BCUT2D eigenvalue weighted by Gasteiger charge is -2.22. The van der Waals surface area contributed by atoms with Crippen LogP contribution in [0.4, 0.5) is 0 Å². The Morgan fingerprint density at radius 2 is 2.21 bits per heavy atom. The minimum atomic E-state index is 0.574. The molecule has 3 heteroatoms. The van der Waals surface area contributed by atoms with Crippen LogP contribution in [0.2, 0.25) is 0 Å². The fourth-order valence-electron chi connectivity index (χ4n) is 2.00. The third-order valence-corrected chi connectivity index (χ3v) is 3.17. The number of hydrogen-bond acceptors (Lipinski definition) is 2. The van der Waals surface area contributed by atoms with Crippen LogP contribution in [0.3, 0.4) is 0 Å². The molecular formula is C11H15ClN2. The molecule has 1 aliphatic heterocycles. The third-order valence-electron chi connectivity index (χ3n) is 2.81. The summed E-state index contributed by atoms with van der Waals surface area (Å²) in [6.07, 6.45) is 6.22. The van der Waals surface area contributed by atoms with Crippen molar-refractivity contribution in [3.63, 3.8) is 0 Å². The highest BCUT2D eigenvalue weighted by atomic mass is 35.5. The average Bonchev–Trinajstić information content (AvgIpc) is 2.67. The second-order valence-electron chi connectivity index (χ2n) is 3.78. The molecule has 2 heterocycles. The van der Waals surface area contributed by atoms with Crippen LogP contribution in [-0.2, 0) is 6.54 Å². The molecule has 1 unspecified atom stereocenters. The SMILES string of the molecule is ClCC1CCCN1Cc1ccncc1. The summed E-state index contributed by atoms with van der Waals surface area (Å²) >= 11 is 5.91. The Balaban J connectivity index is 1.97. The molecule has 1 aromatic rings. The lowest BCUT2D eigenvalue weighted by molar-refractivity contribution is 0.263. The number of alkyl halides is 1. The quantitative estimate of drug-likeness (QED) is 0.712. The highest BCUT2D eigenvalue weighted by Gasteiger charge is 2.23. The summed E-state index contributed by atoms with van der Waals surface area (Å²) in [5.41, 5.74) is 1.33. The van der Waals surface area contributed by atoms with Crippen molar-refractivity contribution >= 4 is 11.6 Å². The molecule has 76 valence electrons. The van der Waals surface area contributed by atoms with Crippen LogP contribution in [0.25, 0.3) is 0 Å². The first kappa shape index (κ1) is 9.94.